The van der Waals surface area contributed by atoms with Crippen molar-refractivity contribution in [1.29, 1.82) is 0 Å². The molecule has 1 saturated heterocycles. The summed E-state index contributed by atoms with van der Waals surface area (Å²) in [6.45, 7) is 16.6. The predicted octanol–water partition coefficient (Wildman–Crippen LogP) is 2.26. The van der Waals surface area contributed by atoms with E-state index in [9.17, 15) is 0 Å². The first kappa shape index (κ1) is 19.5. The Morgan fingerprint density at radius 3 is 0.737 bits per heavy atom. The van der Waals surface area contributed by atoms with E-state index in [1.807, 2.05) is 0 Å². The van der Waals surface area contributed by atoms with Crippen LogP contribution in [0.3, 0.4) is 0 Å². The third kappa shape index (κ3) is 8.41. The first-order valence-corrected chi connectivity index (χ1v) is 18.1. The fourth-order valence-corrected chi connectivity index (χ4v) is 23.6. The standard InChI is InChI=1S/C8H24O4Si4.O2Si/c1-13(2)9-14(3,4)11-16(7,8)12-15(5,6)10-13;1-3-2/h1-8H3;. The van der Waals surface area contributed by atoms with Crippen LogP contribution in [-0.2, 0) is 25.4 Å². The normalized spacial score (nSPS) is 26.9. The number of hydrogen-bond acceptors (Lipinski definition) is 6. The Labute approximate surface area is 121 Å². The van der Waals surface area contributed by atoms with Crippen LogP contribution >= 0.6 is 0 Å². The summed E-state index contributed by atoms with van der Waals surface area (Å²) in [6.07, 6.45) is 0. The van der Waals surface area contributed by atoms with Crippen LogP contribution in [0.25, 0.3) is 0 Å². The van der Waals surface area contributed by atoms with Crippen molar-refractivity contribution in [1.82, 2.24) is 0 Å². The highest BCUT2D eigenvalue weighted by atomic mass is 28.5. The molecule has 0 radical (unpaired) electrons. The van der Waals surface area contributed by atoms with E-state index in [1.54, 1.807) is 0 Å². The topological polar surface area (TPSA) is 71.1 Å². The lowest BCUT2D eigenvalue weighted by Crippen LogP contribution is -2.64. The lowest BCUT2D eigenvalue weighted by atomic mass is 11.9. The quantitative estimate of drug-likeness (QED) is 0.620. The molecule has 1 aliphatic rings. The van der Waals surface area contributed by atoms with Gasteiger partial charge in [-0.25, -0.2) is 0 Å². The first-order valence-electron chi connectivity index (χ1n) is 6.04. The number of hydrogen-bond donors (Lipinski definition) is 0. The molecule has 0 aromatic carbocycles. The van der Waals surface area contributed by atoms with E-state index in [1.165, 1.54) is 0 Å². The molecule has 0 aliphatic carbocycles. The summed E-state index contributed by atoms with van der Waals surface area (Å²) in [7, 11) is -9.86. The molecule has 1 fully saturated rings. The van der Waals surface area contributed by atoms with Crippen molar-refractivity contribution < 1.29 is 25.4 Å². The zero-order chi connectivity index (χ0) is 15.5. The summed E-state index contributed by atoms with van der Waals surface area (Å²) in [5.74, 6) is 0. The van der Waals surface area contributed by atoms with E-state index in [2.05, 4.69) is 52.4 Å². The summed E-state index contributed by atoms with van der Waals surface area (Å²) in [4.78, 5) is 0. The third-order valence-corrected chi connectivity index (χ3v) is 17.7. The average molecular weight is 357 g/mol. The summed E-state index contributed by atoms with van der Waals surface area (Å²) < 4.78 is 41.4. The lowest BCUT2D eigenvalue weighted by molar-refractivity contribution is 0.238. The van der Waals surface area contributed by atoms with Gasteiger partial charge in [-0.15, -0.1) is 0 Å². The predicted molar refractivity (Wildman–Crippen MR) is 81.4 cm³/mol. The zero-order valence-corrected chi connectivity index (χ0v) is 17.9. The van der Waals surface area contributed by atoms with E-state index in [-0.39, 0.29) is 0 Å². The van der Waals surface area contributed by atoms with Gasteiger partial charge in [0.05, 0.1) is 0 Å². The van der Waals surface area contributed by atoms with Gasteiger partial charge >= 0.3 is 43.5 Å². The molecular weight excluding hydrogens is 333 g/mol. The van der Waals surface area contributed by atoms with Crippen molar-refractivity contribution in [3.8, 4) is 0 Å². The van der Waals surface area contributed by atoms with Gasteiger partial charge in [0.15, 0.2) is 0 Å². The molecule has 0 saturated carbocycles. The molecule has 112 valence electrons. The Kier molecular flexibility index (Phi) is 6.71. The minimum absolute atomic E-state index is 1.42. The van der Waals surface area contributed by atoms with Crippen molar-refractivity contribution in [2.45, 2.75) is 52.4 Å². The van der Waals surface area contributed by atoms with Crippen molar-refractivity contribution in [3.63, 3.8) is 0 Å². The van der Waals surface area contributed by atoms with Gasteiger partial charge in [0.1, 0.15) is 0 Å². The van der Waals surface area contributed by atoms with E-state index >= 15 is 0 Å². The van der Waals surface area contributed by atoms with E-state index in [0.717, 1.165) is 0 Å². The summed E-state index contributed by atoms with van der Waals surface area (Å²) in [5, 5.41) is 0. The second-order valence-corrected chi connectivity index (χ2v) is 20.7. The van der Waals surface area contributed by atoms with Crippen molar-refractivity contribution in [2.24, 2.45) is 0 Å². The summed E-state index contributed by atoms with van der Waals surface area (Å²) >= 11 is 0. The molecule has 19 heavy (non-hydrogen) atoms. The molecule has 1 rings (SSSR count). The molecule has 1 aliphatic heterocycles. The minimum atomic E-state index is -2.11. The molecule has 0 amide bonds. The molecule has 11 heteroatoms. The van der Waals surface area contributed by atoms with Crippen LogP contribution in [-0.4, -0.2) is 43.5 Å². The van der Waals surface area contributed by atoms with Gasteiger partial charge in [-0.3, -0.25) is 8.92 Å². The van der Waals surface area contributed by atoms with Crippen LogP contribution in [0.4, 0.5) is 0 Å². The van der Waals surface area contributed by atoms with Crippen molar-refractivity contribution in [3.05, 3.63) is 0 Å². The largest absolute Gasteiger partial charge is 0.549 e. The smallest absolute Gasteiger partial charge is 0.416 e. The first-order chi connectivity index (χ1) is 8.24. The molecular formula is C8H24O6Si5. The molecule has 1 heterocycles. The highest BCUT2D eigenvalue weighted by Gasteiger charge is 2.50. The maximum Gasteiger partial charge on any atom is 0.549 e. The Hall–Kier alpha value is 0.524. The van der Waals surface area contributed by atoms with Crippen LogP contribution in [0.15, 0.2) is 0 Å². The SMILES string of the molecule is C[Si]1(C)O[Si](C)(C)O[Si](C)(C)O[Si](C)(C)O1.O=[Si]=O. The second kappa shape index (κ2) is 6.53. The minimum Gasteiger partial charge on any atom is -0.416 e. The van der Waals surface area contributed by atoms with Gasteiger partial charge < -0.3 is 16.5 Å². The molecule has 6 nitrogen and oxygen atoms in total. The highest BCUT2D eigenvalue weighted by molar-refractivity contribution is 6.92. The van der Waals surface area contributed by atoms with Gasteiger partial charge in [0, 0.05) is 0 Å². The van der Waals surface area contributed by atoms with Crippen LogP contribution in [0.5, 0.6) is 0 Å². The monoisotopic (exact) mass is 356 g/mol. The van der Waals surface area contributed by atoms with Crippen molar-refractivity contribution in [2.75, 3.05) is 0 Å². The lowest BCUT2D eigenvalue weighted by Gasteiger charge is -2.46. The maximum absolute atomic E-state index is 8.40. The van der Waals surface area contributed by atoms with Crippen LogP contribution in [0.1, 0.15) is 0 Å². The van der Waals surface area contributed by atoms with Gasteiger partial charge in [0.25, 0.3) is 0 Å². The third-order valence-electron chi connectivity index (χ3n) is 1.97. The van der Waals surface area contributed by atoms with E-state index in [4.69, 9.17) is 25.4 Å². The summed E-state index contributed by atoms with van der Waals surface area (Å²) in [6, 6.07) is 0. The Morgan fingerprint density at radius 1 is 0.526 bits per heavy atom. The van der Waals surface area contributed by atoms with Crippen LogP contribution in [0.2, 0.25) is 52.4 Å². The molecule has 0 aromatic rings. The highest BCUT2D eigenvalue weighted by Crippen LogP contribution is 2.30. The maximum atomic E-state index is 8.40. The zero-order valence-electron chi connectivity index (χ0n) is 12.9. The number of rotatable bonds is 0. The van der Waals surface area contributed by atoms with Gasteiger partial charge in [-0.2, -0.15) is 0 Å². The van der Waals surface area contributed by atoms with Crippen LogP contribution in [0, 0.1) is 0 Å². The fourth-order valence-electron chi connectivity index (χ4n) is 2.45. The molecule has 0 bridgehead atoms. The van der Waals surface area contributed by atoms with Gasteiger partial charge in [-0.05, 0) is 52.4 Å². The van der Waals surface area contributed by atoms with Crippen LogP contribution < -0.4 is 0 Å². The Balaban J connectivity index is 0.000000982. The van der Waals surface area contributed by atoms with Gasteiger partial charge in [0.2, 0.25) is 0 Å². The van der Waals surface area contributed by atoms with Crippen molar-refractivity contribution >= 4 is 43.5 Å². The Bertz CT molecular complexity index is 278. The van der Waals surface area contributed by atoms with Gasteiger partial charge in [-0.1, -0.05) is 0 Å². The Morgan fingerprint density at radius 2 is 0.632 bits per heavy atom. The molecule has 0 aromatic heterocycles. The van der Waals surface area contributed by atoms with E-state index < -0.39 is 43.5 Å². The molecule has 0 N–H and O–H groups in total. The molecule has 0 spiro atoms. The second-order valence-electron chi connectivity index (χ2n) is 6.09. The fraction of sp³-hybridized carbons (Fsp3) is 1.00. The summed E-state index contributed by atoms with van der Waals surface area (Å²) in [5.41, 5.74) is 0. The van der Waals surface area contributed by atoms with E-state index in [0.29, 0.717) is 0 Å². The molecule has 0 unspecified atom stereocenters. The average Bonchev–Trinajstić information content (AvgIpc) is 1.90. The molecule has 0 atom stereocenters.